The van der Waals surface area contributed by atoms with E-state index in [1.807, 2.05) is 37.3 Å². The Morgan fingerprint density at radius 3 is 3.03 bits per heavy atom. The molecular weight excluding hydrogens is 390 g/mol. The third-order valence-electron chi connectivity index (χ3n) is 4.53. The minimum absolute atomic E-state index is 0.110. The summed E-state index contributed by atoms with van der Waals surface area (Å²) in [5.41, 5.74) is 2.35. The maximum absolute atomic E-state index is 12.3. The van der Waals surface area contributed by atoms with Gasteiger partial charge in [0.15, 0.2) is 6.29 Å². The number of amides is 1. The van der Waals surface area contributed by atoms with Crippen molar-refractivity contribution in [2.45, 2.75) is 13.3 Å². The van der Waals surface area contributed by atoms with Gasteiger partial charge in [-0.3, -0.25) is 14.4 Å². The van der Waals surface area contributed by atoms with Crippen LogP contribution in [0.15, 0.2) is 47.2 Å². The summed E-state index contributed by atoms with van der Waals surface area (Å²) in [4.78, 5) is 29.3. The Labute approximate surface area is 170 Å². The molecule has 0 fully saturated rings. The Balaban J connectivity index is 1.57. The number of allylic oxidation sites excluding steroid dienone is 2. The number of aromatic nitrogens is 1. The highest BCUT2D eigenvalue weighted by Crippen LogP contribution is 2.33. The molecule has 3 heterocycles. The summed E-state index contributed by atoms with van der Waals surface area (Å²) in [6, 6.07) is 8.94. The molecule has 1 aromatic carbocycles. The second-order valence-electron chi connectivity index (χ2n) is 6.56. The fourth-order valence-corrected chi connectivity index (χ4v) is 4.21. The highest BCUT2D eigenvalue weighted by molar-refractivity contribution is 7.14. The van der Waals surface area contributed by atoms with Crippen molar-refractivity contribution in [3.8, 4) is 5.75 Å². The number of aliphatic hydroxyl groups is 1. The Bertz CT molecular complexity index is 1160. The third-order valence-corrected chi connectivity index (χ3v) is 5.58. The van der Waals surface area contributed by atoms with Gasteiger partial charge >= 0.3 is 6.03 Å². The minimum Gasteiger partial charge on any atom is -0.461 e. The molecule has 4 rings (SSSR count). The van der Waals surface area contributed by atoms with Gasteiger partial charge in [0.1, 0.15) is 11.5 Å². The SMILES string of the molecule is Cc1cc2cc(OC3=CC=Nc4cc(C=O)sc4C3)ccc2n1C(=O)NCCO. The second-order valence-corrected chi connectivity index (χ2v) is 7.73. The maximum atomic E-state index is 12.3. The molecule has 1 aliphatic heterocycles. The first-order chi connectivity index (χ1) is 14.1. The molecule has 3 aromatic rings. The topological polar surface area (TPSA) is 92.9 Å². The monoisotopic (exact) mass is 409 g/mol. The highest BCUT2D eigenvalue weighted by atomic mass is 32.1. The van der Waals surface area contributed by atoms with E-state index in [0.717, 1.165) is 39.2 Å². The van der Waals surface area contributed by atoms with Gasteiger partial charge in [0.05, 0.1) is 22.7 Å². The van der Waals surface area contributed by atoms with Crippen LogP contribution in [-0.4, -0.2) is 41.4 Å². The lowest BCUT2D eigenvalue weighted by Gasteiger charge is -2.10. The van der Waals surface area contributed by atoms with E-state index in [1.165, 1.54) is 11.3 Å². The number of fused-ring (bicyclic) bond motifs is 2. The van der Waals surface area contributed by atoms with E-state index in [-0.39, 0.29) is 19.2 Å². The highest BCUT2D eigenvalue weighted by Gasteiger charge is 2.16. The largest absolute Gasteiger partial charge is 0.461 e. The number of ether oxygens (including phenoxy) is 1. The Hall–Kier alpha value is -3.23. The molecule has 0 aliphatic carbocycles. The average Bonchev–Trinajstić information content (AvgIpc) is 3.19. The zero-order valence-corrected chi connectivity index (χ0v) is 16.5. The van der Waals surface area contributed by atoms with Gasteiger partial charge in [-0.15, -0.1) is 11.3 Å². The summed E-state index contributed by atoms with van der Waals surface area (Å²) in [6.45, 7) is 1.94. The predicted molar refractivity (Wildman–Crippen MR) is 113 cm³/mol. The maximum Gasteiger partial charge on any atom is 0.326 e. The quantitative estimate of drug-likeness (QED) is 0.630. The van der Waals surface area contributed by atoms with Gasteiger partial charge in [-0.25, -0.2) is 4.79 Å². The molecule has 8 heteroatoms. The number of aliphatic hydroxyl groups excluding tert-OH is 1. The van der Waals surface area contributed by atoms with E-state index in [1.54, 1.807) is 16.8 Å². The number of benzene rings is 1. The number of nitrogens with zero attached hydrogens (tertiary/aromatic N) is 2. The first-order valence-corrected chi connectivity index (χ1v) is 9.91. The molecule has 0 spiro atoms. The van der Waals surface area contributed by atoms with Gasteiger partial charge < -0.3 is 15.2 Å². The number of hydrogen-bond acceptors (Lipinski definition) is 6. The summed E-state index contributed by atoms with van der Waals surface area (Å²) in [5.74, 6) is 1.38. The van der Waals surface area contributed by atoms with Crippen LogP contribution >= 0.6 is 11.3 Å². The first kappa shape index (κ1) is 19.1. The summed E-state index contributed by atoms with van der Waals surface area (Å²) < 4.78 is 7.64. The molecule has 0 saturated carbocycles. The lowest BCUT2D eigenvalue weighted by Crippen LogP contribution is -2.31. The van der Waals surface area contributed by atoms with Gasteiger partial charge in [-0.1, -0.05) is 0 Å². The number of aryl methyl sites for hydroxylation is 1. The second kappa shape index (κ2) is 8.02. The van der Waals surface area contributed by atoms with Crippen LogP contribution in [0.1, 0.15) is 20.2 Å². The average molecular weight is 409 g/mol. The minimum atomic E-state index is -0.279. The van der Waals surface area contributed by atoms with Gasteiger partial charge in [0.25, 0.3) is 0 Å². The smallest absolute Gasteiger partial charge is 0.326 e. The number of aliphatic imine (C=N–C) groups is 1. The van der Waals surface area contributed by atoms with Crippen molar-refractivity contribution in [2.24, 2.45) is 4.99 Å². The van der Waals surface area contributed by atoms with Crippen LogP contribution < -0.4 is 10.1 Å². The molecule has 0 radical (unpaired) electrons. The molecular formula is C21H19N3O4S. The lowest BCUT2D eigenvalue weighted by atomic mass is 10.2. The molecule has 1 aliphatic rings. The molecule has 29 heavy (non-hydrogen) atoms. The zero-order valence-electron chi connectivity index (χ0n) is 15.7. The third kappa shape index (κ3) is 3.85. The molecule has 0 unspecified atom stereocenters. The Morgan fingerprint density at radius 1 is 1.38 bits per heavy atom. The van der Waals surface area contributed by atoms with E-state index < -0.39 is 0 Å². The van der Waals surface area contributed by atoms with Gasteiger partial charge in [-0.2, -0.15) is 0 Å². The van der Waals surface area contributed by atoms with Crippen LogP contribution in [0, 0.1) is 6.92 Å². The number of thiophene rings is 1. The number of hydrogen-bond donors (Lipinski definition) is 2. The fraction of sp³-hybridized carbons (Fsp3) is 0.190. The van der Waals surface area contributed by atoms with E-state index in [4.69, 9.17) is 9.84 Å². The number of aldehydes is 1. The van der Waals surface area contributed by atoms with Crippen molar-refractivity contribution in [1.29, 1.82) is 0 Å². The van der Waals surface area contributed by atoms with Crippen LogP contribution in [0.25, 0.3) is 10.9 Å². The van der Waals surface area contributed by atoms with Crippen molar-refractivity contribution in [1.82, 2.24) is 9.88 Å². The van der Waals surface area contributed by atoms with Gasteiger partial charge in [0, 0.05) is 35.1 Å². The van der Waals surface area contributed by atoms with E-state index >= 15 is 0 Å². The van der Waals surface area contributed by atoms with E-state index in [2.05, 4.69) is 10.3 Å². The molecule has 0 saturated heterocycles. The molecule has 2 aromatic heterocycles. The first-order valence-electron chi connectivity index (χ1n) is 9.09. The molecule has 2 N–H and O–H groups in total. The van der Waals surface area contributed by atoms with Crippen molar-refractivity contribution in [3.63, 3.8) is 0 Å². The van der Waals surface area contributed by atoms with Gasteiger partial charge in [0.2, 0.25) is 0 Å². The Kier molecular flexibility index (Phi) is 5.28. The van der Waals surface area contributed by atoms with Crippen LogP contribution in [0.4, 0.5) is 10.5 Å². The molecule has 1 amide bonds. The predicted octanol–water partition coefficient (Wildman–Crippen LogP) is 3.60. The zero-order chi connectivity index (χ0) is 20.4. The van der Waals surface area contributed by atoms with Crippen LogP contribution in [0.3, 0.4) is 0 Å². The summed E-state index contributed by atoms with van der Waals surface area (Å²) in [5, 5.41) is 12.5. The molecule has 0 atom stereocenters. The van der Waals surface area contributed by atoms with E-state index in [9.17, 15) is 9.59 Å². The molecule has 0 bridgehead atoms. The van der Waals surface area contributed by atoms with Crippen LogP contribution in [0.2, 0.25) is 0 Å². The number of nitrogens with one attached hydrogen (secondary N) is 1. The summed E-state index contributed by atoms with van der Waals surface area (Å²) in [7, 11) is 0. The van der Waals surface area contributed by atoms with Crippen molar-refractivity contribution < 1.29 is 19.4 Å². The fourth-order valence-electron chi connectivity index (χ4n) is 3.28. The number of carbonyl (C=O) groups is 2. The summed E-state index contributed by atoms with van der Waals surface area (Å²) in [6.07, 6.45) is 4.87. The van der Waals surface area contributed by atoms with Crippen molar-refractivity contribution in [2.75, 3.05) is 13.2 Å². The van der Waals surface area contributed by atoms with Crippen LogP contribution in [-0.2, 0) is 6.42 Å². The summed E-state index contributed by atoms with van der Waals surface area (Å²) >= 11 is 1.41. The molecule has 7 nitrogen and oxygen atoms in total. The van der Waals surface area contributed by atoms with E-state index in [0.29, 0.717) is 17.0 Å². The van der Waals surface area contributed by atoms with Crippen molar-refractivity contribution in [3.05, 3.63) is 57.6 Å². The van der Waals surface area contributed by atoms with Crippen LogP contribution in [0.5, 0.6) is 5.75 Å². The standard InChI is InChI=1S/C21H19N3O4S/c1-13-8-14-9-15(2-3-19(14)24(13)21(27)23-6-7-25)28-16-4-5-22-18-11-17(12-26)29-20(18)10-16/h2-5,8-9,11-12,25H,6-7,10H2,1H3,(H,23,27). The molecule has 148 valence electrons. The number of rotatable bonds is 5. The Morgan fingerprint density at radius 2 is 2.24 bits per heavy atom. The number of carbonyl (C=O) groups excluding carboxylic acids is 2. The normalized spacial score (nSPS) is 13.0. The van der Waals surface area contributed by atoms with Gasteiger partial charge in [-0.05, 0) is 43.3 Å². The van der Waals surface area contributed by atoms with Crippen molar-refractivity contribution >= 4 is 46.5 Å². The lowest BCUT2D eigenvalue weighted by molar-refractivity contribution is 0.112.